The van der Waals surface area contributed by atoms with E-state index >= 15 is 0 Å². The van der Waals surface area contributed by atoms with Crippen LogP contribution in [0.15, 0.2) is 91.1 Å². The smallest absolute Gasteiger partial charge is 0.146 e. The summed E-state index contributed by atoms with van der Waals surface area (Å²) in [5.74, 6) is 4.02. The molecule has 1 unspecified atom stereocenters. The van der Waals surface area contributed by atoms with E-state index in [1.165, 1.54) is 0 Å². The highest BCUT2D eigenvalue weighted by molar-refractivity contribution is 5.59. The molecular weight excluding hydrogens is 656 g/mol. The first kappa shape index (κ1) is 37.0. The van der Waals surface area contributed by atoms with E-state index < -0.39 is 0 Å². The van der Waals surface area contributed by atoms with E-state index in [9.17, 15) is 0 Å². The minimum absolute atomic E-state index is 0.496. The maximum Gasteiger partial charge on any atom is 0.146 e. The summed E-state index contributed by atoms with van der Waals surface area (Å²) in [6.07, 6.45) is 16.8. The Kier molecular flexibility index (Phi) is 14.9. The van der Waals surface area contributed by atoms with Crippen molar-refractivity contribution in [3.05, 3.63) is 96.6 Å². The van der Waals surface area contributed by atoms with Crippen molar-refractivity contribution in [1.29, 1.82) is 0 Å². The summed E-state index contributed by atoms with van der Waals surface area (Å²) in [7, 11) is 0. The molecule has 0 fully saturated rings. The summed E-state index contributed by atoms with van der Waals surface area (Å²) < 4.78 is 37.1. The van der Waals surface area contributed by atoms with Crippen LogP contribution in [0.3, 0.4) is 0 Å². The first-order valence-electron chi connectivity index (χ1n) is 18.8. The van der Waals surface area contributed by atoms with Gasteiger partial charge in [0.15, 0.2) is 0 Å². The Labute approximate surface area is 308 Å². The molecule has 0 spiro atoms. The molecule has 10 nitrogen and oxygen atoms in total. The van der Waals surface area contributed by atoms with Crippen molar-refractivity contribution in [2.24, 2.45) is 0 Å². The van der Waals surface area contributed by atoms with E-state index in [-0.39, 0.29) is 0 Å². The summed E-state index contributed by atoms with van der Waals surface area (Å²) in [4.78, 5) is 2.46. The van der Waals surface area contributed by atoms with Gasteiger partial charge in [-0.15, -0.1) is 0 Å². The summed E-state index contributed by atoms with van der Waals surface area (Å²) in [5.41, 5.74) is 4.04. The van der Waals surface area contributed by atoms with Gasteiger partial charge in [-0.3, -0.25) is 4.90 Å². The highest BCUT2D eigenvalue weighted by atomic mass is 16.5. The molecule has 1 atom stereocenters. The first-order chi connectivity index (χ1) is 25.8. The van der Waals surface area contributed by atoms with Crippen molar-refractivity contribution in [3.8, 4) is 28.7 Å². The van der Waals surface area contributed by atoms with Crippen LogP contribution in [0.1, 0.15) is 37.7 Å². The van der Waals surface area contributed by atoms with Crippen molar-refractivity contribution in [2.75, 3.05) is 94.9 Å². The molecule has 0 saturated carbocycles. The largest absolute Gasteiger partial charge is 0.493 e. The second kappa shape index (κ2) is 20.9. The van der Waals surface area contributed by atoms with Gasteiger partial charge in [0.2, 0.25) is 0 Å². The molecule has 3 N–H and O–H groups in total. The summed E-state index contributed by atoms with van der Waals surface area (Å²) in [5, 5.41) is 11.0. The molecule has 10 bridgehead atoms. The van der Waals surface area contributed by atoms with E-state index in [2.05, 4.69) is 93.7 Å². The van der Waals surface area contributed by atoms with Crippen LogP contribution in [0.5, 0.6) is 28.7 Å². The quantitative estimate of drug-likeness (QED) is 0.202. The van der Waals surface area contributed by atoms with E-state index in [1.807, 2.05) is 18.2 Å². The van der Waals surface area contributed by atoms with Gasteiger partial charge in [-0.25, -0.2) is 0 Å². The van der Waals surface area contributed by atoms with Gasteiger partial charge in [0.1, 0.15) is 28.7 Å². The maximum atomic E-state index is 6.31. The van der Waals surface area contributed by atoms with Crippen LogP contribution < -0.4 is 39.6 Å². The molecule has 4 aliphatic rings. The summed E-state index contributed by atoms with van der Waals surface area (Å²) in [6, 6.07) is 18.5. The Morgan fingerprint density at radius 1 is 0.462 bits per heavy atom. The average Bonchev–Trinajstić information content (AvgIpc) is 3.14. The number of ether oxygens (including phenoxy) is 6. The highest BCUT2D eigenvalue weighted by Gasteiger charge is 2.11. The Hall–Kier alpha value is -4.80. The van der Waals surface area contributed by atoms with E-state index in [1.54, 1.807) is 0 Å². The van der Waals surface area contributed by atoms with Gasteiger partial charge in [0.25, 0.3) is 0 Å². The molecule has 3 aromatic rings. The zero-order chi connectivity index (χ0) is 35.5. The first-order valence-corrected chi connectivity index (χ1v) is 18.8. The van der Waals surface area contributed by atoms with Gasteiger partial charge >= 0.3 is 0 Å². The minimum atomic E-state index is 0.496. The number of rotatable bonds is 0. The highest BCUT2D eigenvalue weighted by Crippen LogP contribution is 2.30. The minimum Gasteiger partial charge on any atom is -0.493 e. The van der Waals surface area contributed by atoms with E-state index in [0.29, 0.717) is 46.2 Å². The van der Waals surface area contributed by atoms with Crippen molar-refractivity contribution in [1.82, 2.24) is 4.90 Å². The number of fused-ring (bicyclic) bond motifs is 12. The van der Waals surface area contributed by atoms with Crippen LogP contribution in [-0.2, 0) is 11.3 Å². The second-order valence-electron chi connectivity index (χ2n) is 13.0. The SMILES string of the molecule is C1=CCCOc2ccc3c(c2)OCCC=CCOCc2cc4cc(c2)OCC/C=C\CCOc2cc(cc(c2)OCC1)NCCN(CCN4)CCN3. The average molecular weight is 711 g/mol. The van der Waals surface area contributed by atoms with Gasteiger partial charge in [-0.1, -0.05) is 36.5 Å². The zero-order valence-corrected chi connectivity index (χ0v) is 30.3. The lowest BCUT2D eigenvalue weighted by molar-refractivity contribution is 0.148. The number of nitrogens with one attached hydrogen (secondary N) is 3. The molecule has 10 heteroatoms. The third-order valence-corrected chi connectivity index (χ3v) is 8.80. The molecule has 4 aliphatic heterocycles. The standard InChI is InChI=1S/C42H54N4O6/c1-2-9-23-50-39-29-36-30-40(31-39)51-24-10-4-3-8-22-49-38-27-34-26-35(28-38)43-14-17-46(18-15-44-36)19-16-45-41-13-12-37(48-21-7-1)32-42(41)52-25-11-5-6-20-47-33-34/h1-6,12-13,26-32,43-45H,7-11,14-25,33H2/b2-1?,4-3-,6-5?. The lowest BCUT2D eigenvalue weighted by Gasteiger charge is -2.24. The van der Waals surface area contributed by atoms with E-state index in [4.69, 9.17) is 28.4 Å². The molecule has 7 rings (SSSR count). The van der Waals surface area contributed by atoms with Crippen molar-refractivity contribution in [2.45, 2.75) is 38.7 Å². The fourth-order valence-corrected chi connectivity index (χ4v) is 6.15. The van der Waals surface area contributed by atoms with Gasteiger partial charge in [0.05, 0.1) is 51.9 Å². The Balaban J connectivity index is 1.27. The van der Waals surface area contributed by atoms with E-state index in [0.717, 1.165) is 123 Å². The monoisotopic (exact) mass is 710 g/mol. The van der Waals surface area contributed by atoms with Gasteiger partial charge in [0, 0.05) is 81.0 Å². The van der Waals surface area contributed by atoms with Crippen LogP contribution in [0, 0.1) is 0 Å². The number of hydrogen-bond acceptors (Lipinski definition) is 10. The number of benzene rings is 3. The second-order valence-corrected chi connectivity index (χ2v) is 13.0. The Morgan fingerprint density at radius 3 is 1.62 bits per heavy atom. The molecule has 0 radical (unpaired) electrons. The lowest BCUT2D eigenvalue weighted by Crippen LogP contribution is -2.36. The van der Waals surface area contributed by atoms with Crippen molar-refractivity contribution < 1.29 is 28.4 Å². The van der Waals surface area contributed by atoms with Gasteiger partial charge < -0.3 is 44.4 Å². The van der Waals surface area contributed by atoms with Crippen molar-refractivity contribution >= 4 is 17.1 Å². The van der Waals surface area contributed by atoms with Gasteiger partial charge in [-0.2, -0.15) is 0 Å². The fraction of sp³-hybridized carbons (Fsp3) is 0.429. The zero-order valence-electron chi connectivity index (χ0n) is 30.3. The number of hydrogen-bond donors (Lipinski definition) is 3. The third kappa shape index (κ3) is 12.8. The van der Waals surface area contributed by atoms with Crippen LogP contribution in [0.25, 0.3) is 0 Å². The molecule has 4 heterocycles. The normalized spacial score (nSPS) is 20.3. The summed E-state index contributed by atoms with van der Waals surface area (Å²) >= 11 is 0. The van der Waals surface area contributed by atoms with Crippen LogP contribution in [-0.4, -0.2) is 83.8 Å². The van der Waals surface area contributed by atoms with Crippen molar-refractivity contribution in [3.63, 3.8) is 0 Å². The molecule has 52 heavy (non-hydrogen) atoms. The Morgan fingerprint density at radius 2 is 0.981 bits per heavy atom. The number of nitrogens with zero attached hydrogens (tertiary/aromatic N) is 1. The molecular formula is C42H54N4O6. The molecule has 0 amide bonds. The Bertz CT molecular complexity index is 1630. The lowest BCUT2D eigenvalue weighted by atomic mass is 10.2. The molecule has 3 aromatic carbocycles. The molecule has 0 aliphatic carbocycles. The topological polar surface area (TPSA) is 94.7 Å². The summed E-state index contributed by atoms with van der Waals surface area (Å²) in [6.45, 7) is 8.69. The van der Waals surface area contributed by atoms with Gasteiger partial charge in [-0.05, 0) is 61.9 Å². The van der Waals surface area contributed by atoms with Crippen LogP contribution in [0.4, 0.5) is 17.1 Å². The molecule has 0 saturated heterocycles. The predicted molar refractivity (Wildman–Crippen MR) is 209 cm³/mol. The molecule has 0 aromatic heterocycles. The predicted octanol–water partition coefficient (Wildman–Crippen LogP) is 7.70. The number of anilines is 3. The molecule has 278 valence electrons. The maximum absolute atomic E-state index is 6.31. The third-order valence-electron chi connectivity index (χ3n) is 8.80. The van der Waals surface area contributed by atoms with Crippen LogP contribution in [0.2, 0.25) is 0 Å². The fourth-order valence-electron chi connectivity index (χ4n) is 6.15. The van der Waals surface area contributed by atoms with Crippen LogP contribution >= 0.6 is 0 Å².